The van der Waals surface area contributed by atoms with E-state index < -0.39 is 6.43 Å². The van der Waals surface area contributed by atoms with Crippen molar-refractivity contribution in [1.29, 1.82) is 0 Å². The van der Waals surface area contributed by atoms with Crippen LogP contribution in [0.15, 0.2) is 0 Å². The summed E-state index contributed by atoms with van der Waals surface area (Å²) in [5.74, 6) is 0. The lowest BCUT2D eigenvalue weighted by molar-refractivity contribution is 0.0971. The van der Waals surface area contributed by atoms with Crippen LogP contribution in [0.5, 0.6) is 0 Å². The Labute approximate surface area is 85.1 Å². The van der Waals surface area contributed by atoms with Crippen LogP contribution in [0, 0.1) is 0 Å². The highest BCUT2D eigenvalue weighted by atomic mass is 32.1. The normalized spacial score (nSPS) is 11.3. The van der Waals surface area contributed by atoms with Gasteiger partial charge in [-0.05, 0) is 7.05 Å². The zero-order valence-corrected chi connectivity index (χ0v) is 8.81. The molecule has 1 heterocycles. The summed E-state index contributed by atoms with van der Waals surface area (Å²) in [6.45, 7) is 0.137. The smallest absolute Gasteiger partial charge is 0.251 e. The minimum atomic E-state index is -2.32. The third kappa shape index (κ3) is 3.15. The van der Waals surface area contributed by atoms with Gasteiger partial charge in [-0.1, -0.05) is 4.49 Å². The summed E-state index contributed by atoms with van der Waals surface area (Å²) in [6.07, 6.45) is -2.32. The summed E-state index contributed by atoms with van der Waals surface area (Å²) in [4.78, 5) is 1.52. The molecule has 0 amide bonds. The third-order valence-corrected chi connectivity index (χ3v) is 2.44. The van der Waals surface area contributed by atoms with Gasteiger partial charge in [0.1, 0.15) is 10.7 Å². The fourth-order valence-electron chi connectivity index (χ4n) is 1.06. The van der Waals surface area contributed by atoms with E-state index in [2.05, 4.69) is 14.9 Å². The van der Waals surface area contributed by atoms with Gasteiger partial charge < -0.3 is 5.32 Å². The van der Waals surface area contributed by atoms with Crippen LogP contribution >= 0.6 is 11.5 Å². The standard InChI is InChI=1S/C7H12F2N4S/c1-10-7-5(11-12-14-7)3-13(2)4-6(8)9/h6,10H,3-4H2,1-2H3. The Morgan fingerprint density at radius 1 is 1.57 bits per heavy atom. The SMILES string of the molecule is CNc1snnc1CN(C)CC(F)F. The third-order valence-electron chi connectivity index (χ3n) is 1.65. The zero-order chi connectivity index (χ0) is 10.6. The summed E-state index contributed by atoms with van der Waals surface area (Å²) in [5, 5.41) is 7.59. The van der Waals surface area contributed by atoms with Crippen LogP contribution in [-0.2, 0) is 6.54 Å². The molecular formula is C7H12F2N4S. The fraction of sp³-hybridized carbons (Fsp3) is 0.714. The van der Waals surface area contributed by atoms with Gasteiger partial charge in [0.05, 0.1) is 6.54 Å². The average Bonchev–Trinajstić information content (AvgIpc) is 2.50. The van der Waals surface area contributed by atoms with Crippen LogP contribution in [0.3, 0.4) is 0 Å². The van der Waals surface area contributed by atoms with Crippen molar-refractivity contribution in [1.82, 2.24) is 14.5 Å². The van der Waals surface area contributed by atoms with Crippen LogP contribution in [-0.4, -0.2) is 41.6 Å². The molecule has 0 aliphatic rings. The van der Waals surface area contributed by atoms with E-state index in [-0.39, 0.29) is 6.54 Å². The molecule has 14 heavy (non-hydrogen) atoms. The van der Waals surface area contributed by atoms with Crippen LogP contribution in [0.2, 0.25) is 0 Å². The number of hydrogen-bond acceptors (Lipinski definition) is 5. The van der Waals surface area contributed by atoms with Crippen LogP contribution in [0.25, 0.3) is 0 Å². The first-order valence-electron chi connectivity index (χ1n) is 4.09. The maximum Gasteiger partial charge on any atom is 0.251 e. The molecule has 0 saturated carbocycles. The summed E-state index contributed by atoms with van der Waals surface area (Å²) in [6, 6.07) is 0. The second-order valence-corrected chi connectivity index (χ2v) is 3.64. The Balaban J connectivity index is 2.51. The minimum Gasteiger partial charge on any atom is -0.377 e. The molecule has 0 bridgehead atoms. The molecule has 80 valence electrons. The number of aromatic nitrogens is 2. The first-order chi connectivity index (χ1) is 6.63. The van der Waals surface area contributed by atoms with Gasteiger partial charge in [-0.25, -0.2) is 8.78 Å². The molecule has 1 N–H and O–H groups in total. The first-order valence-corrected chi connectivity index (χ1v) is 4.86. The Kier molecular flexibility index (Phi) is 4.15. The lowest BCUT2D eigenvalue weighted by Gasteiger charge is -2.14. The van der Waals surface area contributed by atoms with Crippen molar-refractivity contribution in [3.63, 3.8) is 0 Å². The molecule has 7 heteroatoms. The van der Waals surface area contributed by atoms with E-state index in [0.29, 0.717) is 12.2 Å². The van der Waals surface area contributed by atoms with Gasteiger partial charge in [0, 0.05) is 25.1 Å². The number of rotatable bonds is 5. The quantitative estimate of drug-likeness (QED) is 0.814. The van der Waals surface area contributed by atoms with Crippen molar-refractivity contribution < 1.29 is 8.78 Å². The maximum absolute atomic E-state index is 12.0. The molecule has 0 aromatic carbocycles. The van der Waals surface area contributed by atoms with Gasteiger partial charge in [0.25, 0.3) is 6.43 Å². The second kappa shape index (κ2) is 5.16. The zero-order valence-electron chi connectivity index (χ0n) is 8.00. The molecule has 0 atom stereocenters. The predicted octanol–water partition coefficient (Wildman–Crippen LogP) is 1.28. The second-order valence-electron chi connectivity index (χ2n) is 2.89. The van der Waals surface area contributed by atoms with E-state index in [1.807, 2.05) is 0 Å². The summed E-state index contributed by atoms with van der Waals surface area (Å²) in [7, 11) is 3.39. The molecule has 1 rings (SSSR count). The van der Waals surface area contributed by atoms with E-state index >= 15 is 0 Å². The van der Waals surface area contributed by atoms with Gasteiger partial charge in [-0.15, -0.1) is 5.10 Å². The Morgan fingerprint density at radius 2 is 2.29 bits per heavy atom. The van der Waals surface area contributed by atoms with Crippen LogP contribution < -0.4 is 5.32 Å². The number of nitrogens with zero attached hydrogens (tertiary/aromatic N) is 3. The summed E-state index contributed by atoms with van der Waals surface area (Å²) in [5.41, 5.74) is 0.709. The molecule has 4 nitrogen and oxygen atoms in total. The lowest BCUT2D eigenvalue weighted by atomic mass is 10.4. The highest BCUT2D eigenvalue weighted by molar-refractivity contribution is 7.10. The van der Waals surface area contributed by atoms with Gasteiger partial charge in [0.15, 0.2) is 0 Å². The van der Waals surface area contributed by atoms with E-state index in [1.165, 1.54) is 16.4 Å². The molecule has 0 saturated heterocycles. The number of hydrogen-bond donors (Lipinski definition) is 1. The molecule has 0 fully saturated rings. The van der Waals surface area contributed by atoms with Crippen molar-refractivity contribution in [2.75, 3.05) is 26.0 Å². The lowest BCUT2D eigenvalue weighted by Crippen LogP contribution is -2.24. The molecule has 1 aromatic rings. The predicted molar refractivity (Wildman–Crippen MR) is 51.8 cm³/mol. The molecule has 1 aromatic heterocycles. The largest absolute Gasteiger partial charge is 0.377 e. The monoisotopic (exact) mass is 222 g/mol. The molecular weight excluding hydrogens is 210 g/mol. The van der Waals surface area contributed by atoms with Crippen molar-refractivity contribution >= 4 is 16.5 Å². The first kappa shape index (κ1) is 11.3. The number of anilines is 1. The number of alkyl halides is 2. The minimum absolute atomic E-state index is 0.249. The number of nitrogens with one attached hydrogen (secondary N) is 1. The molecule has 0 aliphatic heterocycles. The molecule has 0 unspecified atom stereocenters. The Morgan fingerprint density at radius 3 is 2.86 bits per heavy atom. The van der Waals surface area contributed by atoms with E-state index in [1.54, 1.807) is 14.1 Å². The van der Waals surface area contributed by atoms with Crippen LogP contribution in [0.1, 0.15) is 5.69 Å². The van der Waals surface area contributed by atoms with Crippen molar-refractivity contribution in [3.8, 4) is 0 Å². The molecule has 0 spiro atoms. The van der Waals surface area contributed by atoms with Crippen molar-refractivity contribution in [3.05, 3.63) is 5.69 Å². The average molecular weight is 222 g/mol. The van der Waals surface area contributed by atoms with Crippen LogP contribution in [0.4, 0.5) is 13.8 Å². The topological polar surface area (TPSA) is 41.1 Å². The Hall–Kier alpha value is -0.820. The molecule has 0 aliphatic carbocycles. The fourth-order valence-corrected chi connectivity index (χ4v) is 1.58. The van der Waals surface area contributed by atoms with E-state index in [9.17, 15) is 8.78 Å². The highest BCUT2D eigenvalue weighted by Crippen LogP contribution is 2.17. The van der Waals surface area contributed by atoms with E-state index in [4.69, 9.17) is 0 Å². The van der Waals surface area contributed by atoms with Crippen molar-refractivity contribution in [2.45, 2.75) is 13.0 Å². The van der Waals surface area contributed by atoms with E-state index in [0.717, 1.165) is 5.00 Å². The maximum atomic E-state index is 12.0. The highest BCUT2D eigenvalue weighted by Gasteiger charge is 2.12. The number of halogens is 2. The van der Waals surface area contributed by atoms with Crippen molar-refractivity contribution in [2.24, 2.45) is 0 Å². The van der Waals surface area contributed by atoms with Gasteiger partial charge in [-0.3, -0.25) is 4.90 Å². The van der Waals surface area contributed by atoms with Gasteiger partial charge in [0.2, 0.25) is 0 Å². The Bertz CT molecular complexity index is 278. The van der Waals surface area contributed by atoms with Gasteiger partial charge in [-0.2, -0.15) is 0 Å². The van der Waals surface area contributed by atoms with Gasteiger partial charge >= 0.3 is 0 Å². The summed E-state index contributed by atoms with van der Waals surface area (Å²) < 4.78 is 27.8. The summed E-state index contributed by atoms with van der Waals surface area (Å²) >= 11 is 1.22. The molecule has 0 radical (unpaired) electrons.